The zero-order valence-corrected chi connectivity index (χ0v) is 18.9. The molecular formula is C25H23F2N3O2S. The molecule has 0 saturated carbocycles. The Kier molecular flexibility index (Phi) is 6.93. The number of carbonyl (C=O) groups is 2. The molecular weight excluding hydrogens is 444 g/mol. The summed E-state index contributed by atoms with van der Waals surface area (Å²) in [4.78, 5) is 31.0. The second-order valence-corrected chi connectivity index (χ2v) is 8.68. The van der Waals surface area contributed by atoms with Gasteiger partial charge in [-0.1, -0.05) is 12.1 Å². The maximum Gasteiger partial charge on any atom is 0.246 e. The normalized spacial score (nSPS) is 13.2. The number of fused-ring (bicyclic) bond motifs is 1. The topological polar surface area (TPSA) is 62.3 Å². The van der Waals surface area contributed by atoms with Crippen molar-refractivity contribution in [2.75, 3.05) is 6.54 Å². The Morgan fingerprint density at radius 1 is 1.27 bits per heavy atom. The molecule has 170 valence electrons. The summed E-state index contributed by atoms with van der Waals surface area (Å²) in [5.74, 6) is -2.26. The highest BCUT2D eigenvalue weighted by Crippen LogP contribution is 2.24. The first-order valence-corrected chi connectivity index (χ1v) is 11.5. The molecule has 1 aliphatic heterocycles. The van der Waals surface area contributed by atoms with E-state index in [1.165, 1.54) is 24.3 Å². The van der Waals surface area contributed by atoms with Gasteiger partial charge >= 0.3 is 0 Å². The van der Waals surface area contributed by atoms with Crippen LogP contribution < -0.4 is 5.32 Å². The summed E-state index contributed by atoms with van der Waals surface area (Å²) in [7, 11) is 0. The molecule has 0 atom stereocenters. The van der Waals surface area contributed by atoms with Crippen LogP contribution in [0.4, 0.5) is 8.78 Å². The number of halogens is 2. The van der Waals surface area contributed by atoms with Crippen LogP contribution in [0.2, 0.25) is 0 Å². The number of aryl methyl sites for hydroxylation is 1. The first-order valence-electron chi connectivity index (χ1n) is 10.6. The predicted molar refractivity (Wildman–Crippen MR) is 123 cm³/mol. The van der Waals surface area contributed by atoms with Gasteiger partial charge in [0.05, 0.1) is 6.42 Å². The van der Waals surface area contributed by atoms with Gasteiger partial charge in [0.2, 0.25) is 11.8 Å². The average Bonchev–Trinajstić information content (AvgIpc) is 3.32. The molecule has 3 aromatic rings. The minimum atomic E-state index is -0.976. The van der Waals surface area contributed by atoms with Crippen molar-refractivity contribution in [2.45, 2.75) is 32.9 Å². The number of carbonyl (C=O) groups excluding carboxylic acids is 2. The Bertz CT molecular complexity index is 1210. The van der Waals surface area contributed by atoms with Crippen LogP contribution in [-0.2, 0) is 35.5 Å². The fourth-order valence-corrected chi connectivity index (χ4v) is 4.56. The standard InChI is InChI=1S/C25H23F2N3O2S/c1-16-21(13-29-23(31)11-17-8-10-33-15-17)20-7-9-30(14-19(20)12-28-16)24(32)6-5-18-3-2-4-22(26)25(18)27/h2-6,8,10,12,15H,7,9,11,13-14H2,1H3,(H,29,31). The Morgan fingerprint density at radius 2 is 2.12 bits per heavy atom. The van der Waals surface area contributed by atoms with Gasteiger partial charge in [0.1, 0.15) is 0 Å². The van der Waals surface area contributed by atoms with Crippen molar-refractivity contribution in [3.05, 3.63) is 92.4 Å². The largest absolute Gasteiger partial charge is 0.352 e. The molecule has 1 aliphatic rings. The van der Waals surface area contributed by atoms with E-state index in [-0.39, 0.29) is 17.4 Å². The van der Waals surface area contributed by atoms with E-state index in [4.69, 9.17) is 0 Å². The molecule has 0 unspecified atom stereocenters. The lowest BCUT2D eigenvalue weighted by molar-refractivity contribution is -0.126. The molecule has 0 fully saturated rings. The first kappa shape index (κ1) is 22.8. The molecule has 0 bridgehead atoms. The van der Waals surface area contributed by atoms with E-state index in [0.29, 0.717) is 32.5 Å². The van der Waals surface area contributed by atoms with Crippen LogP contribution in [0, 0.1) is 18.6 Å². The van der Waals surface area contributed by atoms with Gasteiger partial charge in [0, 0.05) is 43.2 Å². The predicted octanol–water partition coefficient (Wildman–Crippen LogP) is 4.19. The zero-order valence-electron chi connectivity index (χ0n) is 18.1. The van der Waals surface area contributed by atoms with Crippen LogP contribution in [0.25, 0.3) is 6.08 Å². The minimum Gasteiger partial charge on any atom is -0.352 e. The summed E-state index contributed by atoms with van der Waals surface area (Å²) in [6.45, 7) is 3.15. The number of hydrogen-bond acceptors (Lipinski definition) is 4. The molecule has 4 rings (SSSR count). The van der Waals surface area contributed by atoms with E-state index < -0.39 is 11.6 Å². The lowest BCUT2D eigenvalue weighted by Crippen LogP contribution is -2.36. The van der Waals surface area contributed by atoms with Gasteiger partial charge in [-0.3, -0.25) is 14.6 Å². The summed E-state index contributed by atoms with van der Waals surface area (Å²) in [5, 5.41) is 6.88. The molecule has 0 spiro atoms. The van der Waals surface area contributed by atoms with Crippen molar-refractivity contribution < 1.29 is 18.4 Å². The van der Waals surface area contributed by atoms with Gasteiger partial charge in [-0.2, -0.15) is 11.3 Å². The van der Waals surface area contributed by atoms with Crippen molar-refractivity contribution in [3.8, 4) is 0 Å². The van der Waals surface area contributed by atoms with Crippen LogP contribution in [0.3, 0.4) is 0 Å². The smallest absolute Gasteiger partial charge is 0.246 e. The van der Waals surface area contributed by atoms with Gasteiger partial charge < -0.3 is 10.2 Å². The van der Waals surface area contributed by atoms with E-state index in [1.54, 1.807) is 22.4 Å². The third kappa shape index (κ3) is 5.34. The number of rotatable bonds is 6. The third-order valence-electron chi connectivity index (χ3n) is 5.70. The van der Waals surface area contributed by atoms with Gasteiger partial charge in [-0.05, 0) is 64.6 Å². The van der Waals surface area contributed by atoms with Gasteiger partial charge in [-0.15, -0.1) is 0 Å². The Morgan fingerprint density at radius 3 is 2.91 bits per heavy atom. The van der Waals surface area contributed by atoms with E-state index in [9.17, 15) is 18.4 Å². The summed E-state index contributed by atoms with van der Waals surface area (Å²) >= 11 is 1.56. The molecule has 3 heterocycles. The molecule has 0 saturated heterocycles. The average molecular weight is 468 g/mol. The SMILES string of the molecule is Cc1ncc2c(c1CNC(=O)Cc1ccsc1)CCN(C(=O)C=Cc1cccc(F)c1F)C2. The number of pyridine rings is 1. The van der Waals surface area contributed by atoms with Gasteiger partial charge in [-0.25, -0.2) is 8.78 Å². The number of nitrogens with one attached hydrogen (secondary N) is 1. The van der Waals surface area contributed by atoms with Gasteiger partial charge in [0.25, 0.3) is 0 Å². The second-order valence-electron chi connectivity index (χ2n) is 7.90. The highest BCUT2D eigenvalue weighted by molar-refractivity contribution is 7.08. The highest BCUT2D eigenvalue weighted by atomic mass is 32.1. The van der Waals surface area contributed by atoms with Crippen LogP contribution in [0.1, 0.15) is 33.5 Å². The van der Waals surface area contributed by atoms with Crippen molar-refractivity contribution in [2.24, 2.45) is 0 Å². The maximum atomic E-state index is 13.8. The van der Waals surface area contributed by atoms with Crippen molar-refractivity contribution in [3.63, 3.8) is 0 Å². The number of hydrogen-bond donors (Lipinski definition) is 1. The summed E-state index contributed by atoms with van der Waals surface area (Å²) in [6, 6.07) is 5.78. The van der Waals surface area contributed by atoms with E-state index in [1.807, 2.05) is 23.8 Å². The van der Waals surface area contributed by atoms with Crippen molar-refractivity contribution in [1.82, 2.24) is 15.2 Å². The Labute approximate surface area is 194 Å². The number of benzene rings is 1. The van der Waals surface area contributed by atoms with E-state index in [2.05, 4.69) is 10.3 Å². The van der Waals surface area contributed by atoms with Crippen LogP contribution in [0.15, 0.2) is 47.3 Å². The first-order chi connectivity index (χ1) is 15.9. The summed E-state index contributed by atoms with van der Waals surface area (Å²) in [5.41, 5.74) is 4.87. The van der Waals surface area contributed by atoms with Crippen LogP contribution in [0.5, 0.6) is 0 Å². The molecule has 0 aliphatic carbocycles. The molecule has 1 aromatic carbocycles. The molecule has 8 heteroatoms. The number of thiophene rings is 1. The Balaban J connectivity index is 1.42. The molecule has 33 heavy (non-hydrogen) atoms. The molecule has 2 aromatic heterocycles. The zero-order chi connectivity index (χ0) is 23.4. The third-order valence-corrected chi connectivity index (χ3v) is 6.43. The Hall–Kier alpha value is -3.39. The summed E-state index contributed by atoms with van der Waals surface area (Å²) < 4.78 is 27.2. The molecule has 2 amide bonds. The summed E-state index contributed by atoms with van der Waals surface area (Å²) in [6.07, 6.45) is 5.28. The fraction of sp³-hybridized carbons (Fsp3) is 0.240. The number of aromatic nitrogens is 1. The molecule has 0 radical (unpaired) electrons. The molecule has 5 nitrogen and oxygen atoms in total. The van der Waals surface area contributed by atoms with Crippen molar-refractivity contribution in [1.29, 1.82) is 0 Å². The lowest BCUT2D eigenvalue weighted by atomic mass is 9.94. The van der Waals surface area contributed by atoms with Crippen LogP contribution in [-0.4, -0.2) is 28.2 Å². The maximum absolute atomic E-state index is 13.8. The molecule has 1 N–H and O–H groups in total. The quantitative estimate of drug-likeness (QED) is 0.553. The van der Waals surface area contributed by atoms with Crippen LogP contribution >= 0.6 is 11.3 Å². The monoisotopic (exact) mass is 467 g/mol. The second kappa shape index (κ2) is 10.0. The number of amides is 2. The minimum absolute atomic E-state index is 0.0264. The highest BCUT2D eigenvalue weighted by Gasteiger charge is 2.23. The number of nitrogens with zero attached hydrogens (tertiary/aromatic N) is 2. The van der Waals surface area contributed by atoms with E-state index in [0.717, 1.165) is 34.0 Å². The lowest BCUT2D eigenvalue weighted by Gasteiger charge is -2.30. The van der Waals surface area contributed by atoms with Gasteiger partial charge in [0.15, 0.2) is 11.6 Å². The van der Waals surface area contributed by atoms with Crippen molar-refractivity contribution >= 4 is 29.2 Å². The van der Waals surface area contributed by atoms with E-state index >= 15 is 0 Å². The fourth-order valence-electron chi connectivity index (χ4n) is 3.89.